The summed E-state index contributed by atoms with van der Waals surface area (Å²) in [5.41, 5.74) is 2.35. The lowest BCUT2D eigenvalue weighted by molar-refractivity contribution is -0.118. The minimum atomic E-state index is -0.197. The second-order valence-electron chi connectivity index (χ2n) is 6.17. The number of hydrogen-bond donors (Lipinski definition) is 1. The summed E-state index contributed by atoms with van der Waals surface area (Å²) in [6, 6.07) is 15.6. The van der Waals surface area contributed by atoms with Crippen molar-refractivity contribution < 1.29 is 14.3 Å². The molecule has 122 valence electrons. The molecule has 5 nitrogen and oxygen atoms in total. The van der Waals surface area contributed by atoms with Crippen LogP contribution >= 0.6 is 0 Å². The lowest BCUT2D eigenvalue weighted by atomic mass is 9.99. The van der Waals surface area contributed by atoms with E-state index in [9.17, 15) is 9.59 Å². The Labute approximate surface area is 140 Å². The van der Waals surface area contributed by atoms with E-state index in [2.05, 4.69) is 17.4 Å². The van der Waals surface area contributed by atoms with E-state index < -0.39 is 0 Å². The van der Waals surface area contributed by atoms with Gasteiger partial charge in [0.15, 0.2) is 12.4 Å². The average molecular weight is 322 g/mol. The summed E-state index contributed by atoms with van der Waals surface area (Å²) in [6.45, 7) is 1.39. The number of likely N-dealkylation sites (tertiary alicyclic amines) is 1. The predicted molar refractivity (Wildman–Crippen MR) is 90.3 cm³/mol. The Morgan fingerprint density at radius 2 is 1.96 bits per heavy atom. The number of hydrogen-bond acceptors (Lipinski definition) is 3. The van der Waals surface area contributed by atoms with Crippen molar-refractivity contribution in [1.82, 2.24) is 4.90 Å². The maximum Gasteiger partial charge on any atom is 0.262 e. The molecule has 2 amide bonds. The molecule has 0 radical (unpaired) electrons. The van der Waals surface area contributed by atoms with Crippen LogP contribution in [-0.2, 0) is 4.79 Å². The fraction of sp³-hybridized carbons (Fsp3) is 0.263. The van der Waals surface area contributed by atoms with E-state index in [1.54, 1.807) is 18.2 Å². The van der Waals surface area contributed by atoms with E-state index >= 15 is 0 Å². The Morgan fingerprint density at radius 1 is 1.12 bits per heavy atom. The lowest BCUT2D eigenvalue weighted by Crippen LogP contribution is -2.31. The van der Waals surface area contributed by atoms with Crippen LogP contribution in [0, 0.1) is 0 Å². The summed E-state index contributed by atoms with van der Waals surface area (Å²) in [5, 5.41) is 2.75. The third-order valence-electron chi connectivity index (χ3n) is 4.61. The van der Waals surface area contributed by atoms with E-state index in [1.165, 1.54) is 5.56 Å². The number of anilines is 1. The highest BCUT2D eigenvalue weighted by Gasteiger charge is 2.31. The number of rotatable bonds is 2. The first-order valence-electron chi connectivity index (χ1n) is 8.12. The van der Waals surface area contributed by atoms with Gasteiger partial charge in [0.1, 0.15) is 0 Å². The number of carbonyl (C=O) groups excluding carboxylic acids is 2. The fourth-order valence-electron chi connectivity index (χ4n) is 3.40. The van der Waals surface area contributed by atoms with Gasteiger partial charge in [-0.25, -0.2) is 0 Å². The standard InChI is InChI=1S/C19H18N2O3/c22-17-12-24-18-15(7-4-8-16(18)20-17)19(23)21-10-9-14(11-21)13-5-2-1-3-6-13/h1-8,14H,9-12H2,(H,20,22). The molecule has 2 heterocycles. The number of amides is 2. The molecule has 0 spiro atoms. The summed E-state index contributed by atoms with van der Waals surface area (Å²) < 4.78 is 5.50. The zero-order valence-corrected chi connectivity index (χ0v) is 13.2. The van der Waals surface area contributed by atoms with Gasteiger partial charge in [0, 0.05) is 19.0 Å². The Hall–Kier alpha value is -2.82. The zero-order valence-electron chi connectivity index (χ0n) is 13.2. The molecular weight excluding hydrogens is 304 g/mol. The largest absolute Gasteiger partial charge is 0.481 e. The summed E-state index contributed by atoms with van der Waals surface area (Å²) in [5.74, 6) is 0.611. The van der Waals surface area contributed by atoms with Gasteiger partial charge < -0.3 is 15.0 Å². The van der Waals surface area contributed by atoms with Crippen LogP contribution in [0.3, 0.4) is 0 Å². The van der Waals surface area contributed by atoms with E-state index in [0.29, 0.717) is 29.5 Å². The van der Waals surface area contributed by atoms with Crippen LogP contribution in [0.2, 0.25) is 0 Å². The second-order valence-corrected chi connectivity index (χ2v) is 6.17. The Kier molecular flexibility index (Phi) is 3.69. The predicted octanol–water partition coefficient (Wildman–Crippen LogP) is 2.65. The summed E-state index contributed by atoms with van der Waals surface area (Å²) in [6.07, 6.45) is 0.961. The van der Waals surface area contributed by atoms with Crippen LogP contribution in [-0.4, -0.2) is 36.4 Å². The fourth-order valence-corrected chi connectivity index (χ4v) is 3.40. The van der Waals surface area contributed by atoms with Crippen LogP contribution in [0.1, 0.15) is 28.3 Å². The summed E-state index contributed by atoms with van der Waals surface area (Å²) >= 11 is 0. The minimum Gasteiger partial charge on any atom is -0.481 e. The summed E-state index contributed by atoms with van der Waals surface area (Å²) in [7, 11) is 0. The molecule has 2 aromatic carbocycles. The lowest BCUT2D eigenvalue weighted by Gasteiger charge is -2.23. The van der Waals surface area contributed by atoms with E-state index in [4.69, 9.17) is 4.74 Å². The van der Waals surface area contributed by atoms with Gasteiger partial charge in [0.05, 0.1) is 11.3 Å². The quantitative estimate of drug-likeness (QED) is 0.925. The van der Waals surface area contributed by atoms with Crippen LogP contribution in [0.4, 0.5) is 5.69 Å². The molecule has 4 rings (SSSR count). The number of nitrogens with one attached hydrogen (secondary N) is 1. The molecule has 2 aromatic rings. The molecule has 0 aromatic heterocycles. The van der Waals surface area contributed by atoms with Gasteiger partial charge in [-0.05, 0) is 24.1 Å². The van der Waals surface area contributed by atoms with Gasteiger partial charge in [0.25, 0.3) is 11.8 Å². The molecule has 1 fully saturated rings. The number of fused-ring (bicyclic) bond motifs is 1. The van der Waals surface area contributed by atoms with Crippen molar-refractivity contribution in [2.24, 2.45) is 0 Å². The molecule has 1 saturated heterocycles. The zero-order chi connectivity index (χ0) is 16.5. The van der Waals surface area contributed by atoms with E-state index in [-0.39, 0.29) is 18.4 Å². The number of nitrogens with zero attached hydrogens (tertiary/aromatic N) is 1. The molecule has 2 aliphatic rings. The topological polar surface area (TPSA) is 58.6 Å². The molecule has 1 unspecified atom stereocenters. The Bertz CT molecular complexity index is 788. The highest BCUT2D eigenvalue weighted by atomic mass is 16.5. The maximum absolute atomic E-state index is 12.9. The van der Waals surface area contributed by atoms with Crippen molar-refractivity contribution in [2.75, 3.05) is 25.0 Å². The molecule has 2 aliphatic heterocycles. The first kappa shape index (κ1) is 14.8. The maximum atomic E-state index is 12.9. The van der Waals surface area contributed by atoms with Gasteiger partial charge in [-0.3, -0.25) is 9.59 Å². The third kappa shape index (κ3) is 2.62. The summed E-state index contributed by atoms with van der Waals surface area (Å²) in [4.78, 5) is 26.2. The number of carbonyl (C=O) groups is 2. The van der Waals surface area contributed by atoms with E-state index in [1.807, 2.05) is 23.1 Å². The number of benzene rings is 2. The number of ether oxygens (including phenoxy) is 1. The Morgan fingerprint density at radius 3 is 2.79 bits per heavy atom. The molecule has 1 N–H and O–H groups in total. The van der Waals surface area contributed by atoms with Gasteiger partial charge in [-0.1, -0.05) is 36.4 Å². The molecule has 0 saturated carbocycles. The van der Waals surface area contributed by atoms with Crippen LogP contribution < -0.4 is 10.1 Å². The highest BCUT2D eigenvalue weighted by Crippen LogP contribution is 2.34. The van der Waals surface area contributed by atoms with Gasteiger partial charge in [-0.2, -0.15) is 0 Å². The first-order chi connectivity index (χ1) is 11.7. The van der Waals surface area contributed by atoms with Gasteiger partial charge >= 0.3 is 0 Å². The van der Waals surface area contributed by atoms with Crippen molar-refractivity contribution in [3.8, 4) is 5.75 Å². The van der Waals surface area contributed by atoms with E-state index in [0.717, 1.165) is 13.0 Å². The molecular formula is C19H18N2O3. The molecule has 0 aliphatic carbocycles. The second kappa shape index (κ2) is 6.00. The van der Waals surface area contributed by atoms with Crippen molar-refractivity contribution >= 4 is 17.5 Å². The molecule has 5 heteroatoms. The van der Waals surface area contributed by atoms with Crippen molar-refractivity contribution in [3.05, 3.63) is 59.7 Å². The SMILES string of the molecule is O=C1COc2c(cccc2C(=O)N2CCC(c3ccccc3)C2)N1. The van der Waals surface area contributed by atoms with Crippen molar-refractivity contribution in [2.45, 2.75) is 12.3 Å². The average Bonchev–Trinajstić information content (AvgIpc) is 3.11. The normalized spacial score (nSPS) is 19.4. The van der Waals surface area contributed by atoms with Crippen LogP contribution in [0.5, 0.6) is 5.75 Å². The van der Waals surface area contributed by atoms with Crippen LogP contribution in [0.25, 0.3) is 0 Å². The van der Waals surface area contributed by atoms with Crippen molar-refractivity contribution in [1.29, 1.82) is 0 Å². The highest BCUT2D eigenvalue weighted by molar-refractivity contribution is 6.03. The minimum absolute atomic E-state index is 0.0403. The van der Waals surface area contributed by atoms with Crippen molar-refractivity contribution in [3.63, 3.8) is 0 Å². The van der Waals surface area contributed by atoms with Gasteiger partial charge in [0.2, 0.25) is 0 Å². The van der Waals surface area contributed by atoms with Crippen LogP contribution in [0.15, 0.2) is 48.5 Å². The smallest absolute Gasteiger partial charge is 0.262 e. The third-order valence-corrected chi connectivity index (χ3v) is 4.61. The first-order valence-corrected chi connectivity index (χ1v) is 8.12. The molecule has 0 bridgehead atoms. The monoisotopic (exact) mass is 322 g/mol. The Balaban J connectivity index is 1.55. The number of para-hydroxylation sites is 1. The molecule has 24 heavy (non-hydrogen) atoms. The molecule has 1 atom stereocenters. The van der Waals surface area contributed by atoms with Gasteiger partial charge in [-0.15, -0.1) is 0 Å².